The van der Waals surface area contributed by atoms with Gasteiger partial charge in [0.15, 0.2) is 0 Å². The van der Waals surface area contributed by atoms with Crippen LogP contribution >= 0.6 is 23.3 Å². The van der Waals surface area contributed by atoms with Crippen molar-refractivity contribution < 1.29 is 53.0 Å². The van der Waals surface area contributed by atoms with Gasteiger partial charge in [0.25, 0.3) is 5.91 Å². The highest BCUT2D eigenvalue weighted by atomic mass is 32.2. The van der Waals surface area contributed by atoms with Crippen LogP contribution in [-0.2, 0) is 43.1 Å². The van der Waals surface area contributed by atoms with Crippen molar-refractivity contribution in [3.8, 4) is 0 Å². The van der Waals surface area contributed by atoms with Crippen molar-refractivity contribution in [2.75, 3.05) is 25.0 Å². The summed E-state index contributed by atoms with van der Waals surface area (Å²) in [6.07, 6.45) is -0.853. The molecular weight excluding hydrogens is 690 g/mol. The number of anilines is 1. The highest BCUT2D eigenvalue weighted by Crippen LogP contribution is 2.49. The number of thioether (sulfide) groups is 1. The summed E-state index contributed by atoms with van der Waals surface area (Å²) in [5.41, 5.74) is -4.04. The average Bonchev–Trinajstić information content (AvgIpc) is 3.56. The molecule has 0 saturated carbocycles. The molecule has 4 rings (SSSR count). The number of β-lactam (4-membered cyclic amide) rings is 1. The Bertz CT molecular complexity index is 1620. The lowest BCUT2D eigenvalue weighted by molar-refractivity contribution is -0.179. The van der Waals surface area contributed by atoms with Gasteiger partial charge < -0.3 is 34.5 Å². The monoisotopic (exact) mass is 727 g/mol. The molecule has 49 heavy (non-hydrogen) atoms. The normalized spacial score (nSPS) is 23.1. The third-order valence-corrected chi connectivity index (χ3v) is 9.18. The SMILES string of the molecule is CC(C)(C)OC(=O)Nc1nc(/C(=N/OC(C)(C)C(=O)OC(C)(C)C)C(=O)N[C@@H]2C(=O)N3C[C@@](C(=O)O)(N4CCN(N)C(=O)C4=O)S[C@H]23)ns1. The number of esters is 1. The van der Waals surface area contributed by atoms with Gasteiger partial charge in [0.05, 0.1) is 13.1 Å². The molecule has 22 heteroatoms. The van der Waals surface area contributed by atoms with Gasteiger partial charge in [0, 0.05) is 18.1 Å². The number of fused-ring (bicyclic) bond motifs is 1. The van der Waals surface area contributed by atoms with E-state index in [-0.39, 0.29) is 24.0 Å². The maximum Gasteiger partial charge on any atom is 0.414 e. The van der Waals surface area contributed by atoms with Crippen LogP contribution in [0.3, 0.4) is 0 Å². The number of aromatic nitrogens is 2. The molecule has 0 spiro atoms. The second-order valence-corrected chi connectivity index (χ2v) is 15.7. The summed E-state index contributed by atoms with van der Waals surface area (Å²) in [7, 11) is 0. The Balaban J connectivity index is 1.59. The third-order valence-electron chi connectivity index (χ3n) is 6.87. The first kappa shape index (κ1) is 37.3. The van der Waals surface area contributed by atoms with Crippen molar-refractivity contribution in [2.45, 2.75) is 88.5 Å². The number of carbonyl (C=O) groups excluding carboxylic acids is 6. The van der Waals surface area contributed by atoms with Crippen molar-refractivity contribution in [3.05, 3.63) is 5.82 Å². The summed E-state index contributed by atoms with van der Waals surface area (Å²) in [5, 5.41) is 18.5. The number of carboxylic acid groups (broad SMARTS) is 1. The lowest BCUT2D eigenvalue weighted by Crippen LogP contribution is -2.69. The van der Waals surface area contributed by atoms with Crippen molar-refractivity contribution in [1.29, 1.82) is 0 Å². The van der Waals surface area contributed by atoms with E-state index in [0.717, 1.165) is 9.80 Å². The van der Waals surface area contributed by atoms with Crippen molar-refractivity contribution >= 4 is 75.8 Å². The Labute approximate surface area is 288 Å². The van der Waals surface area contributed by atoms with E-state index >= 15 is 0 Å². The minimum Gasteiger partial charge on any atom is -0.479 e. The van der Waals surface area contributed by atoms with Gasteiger partial charge in [-0.2, -0.15) is 9.36 Å². The van der Waals surface area contributed by atoms with E-state index in [2.05, 4.69) is 25.1 Å². The van der Waals surface area contributed by atoms with Gasteiger partial charge in [-0.3, -0.25) is 29.5 Å². The fourth-order valence-corrected chi connectivity index (χ4v) is 6.75. The Kier molecular flexibility index (Phi) is 9.91. The smallest absolute Gasteiger partial charge is 0.414 e. The standard InChI is InChI=1S/C27H37N9O11S2/c1-24(2,3)45-21(43)26(7,8)47-32-12(14-30-22(49-33-14)31-23(44)46-25(4,5)6)15(37)29-13-16(38)34-11-27(20(41)42,48-19(13)34)35-9-10-36(28)18(40)17(35)39/h13,19H,9-11,28H2,1-8H3,(H,29,37)(H,41,42)(H,30,31,33,44)/b32-12-/t13-,19-,27-/m1/s1. The maximum atomic E-state index is 13.7. The van der Waals surface area contributed by atoms with Crippen LogP contribution < -0.4 is 16.5 Å². The molecule has 0 bridgehead atoms. The molecule has 3 saturated heterocycles. The highest BCUT2D eigenvalue weighted by molar-refractivity contribution is 8.02. The zero-order valence-corrected chi connectivity index (χ0v) is 29.5. The first-order chi connectivity index (χ1) is 22.5. The number of amides is 5. The first-order valence-electron chi connectivity index (χ1n) is 14.7. The summed E-state index contributed by atoms with van der Waals surface area (Å²) in [5.74, 6) is -1.13. The molecule has 4 heterocycles. The average molecular weight is 728 g/mol. The molecule has 1 aromatic rings. The van der Waals surface area contributed by atoms with Crippen LogP contribution in [0.2, 0.25) is 0 Å². The first-order valence-corrected chi connectivity index (χ1v) is 16.4. The molecule has 0 radical (unpaired) electrons. The minimum absolute atomic E-state index is 0.0866. The topological polar surface area (TPSA) is 265 Å². The lowest BCUT2D eigenvalue weighted by atomic mass is 10.0. The van der Waals surface area contributed by atoms with Crippen LogP contribution in [0, 0.1) is 0 Å². The molecule has 5 N–H and O–H groups in total. The summed E-state index contributed by atoms with van der Waals surface area (Å²) in [4.78, 5) is 99.0. The zero-order valence-electron chi connectivity index (χ0n) is 27.9. The number of rotatable bonds is 9. The predicted molar refractivity (Wildman–Crippen MR) is 170 cm³/mol. The van der Waals surface area contributed by atoms with E-state index < -0.39 is 87.0 Å². The molecule has 3 aliphatic rings. The number of piperazine rings is 1. The lowest BCUT2D eigenvalue weighted by Gasteiger charge is -2.41. The number of nitrogens with zero attached hydrogens (tertiary/aromatic N) is 6. The van der Waals surface area contributed by atoms with Gasteiger partial charge >= 0.3 is 29.8 Å². The van der Waals surface area contributed by atoms with E-state index in [9.17, 15) is 38.7 Å². The van der Waals surface area contributed by atoms with Gasteiger partial charge in [-0.1, -0.05) is 16.9 Å². The number of nitrogens with two attached hydrogens (primary N) is 1. The molecule has 0 aromatic carbocycles. The van der Waals surface area contributed by atoms with Gasteiger partial charge in [-0.25, -0.2) is 20.2 Å². The molecule has 3 atom stereocenters. The third kappa shape index (κ3) is 7.85. The van der Waals surface area contributed by atoms with Crippen molar-refractivity contribution in [1.82, 2.24) is 29.5 Å². The molecular formula is C27H37N9O11S2. The highest BCUT2D eigenvalue weighted by Gasteiger charge is 2.66. The van der Waals surface area contributed by atoms with Crippen LogP contribution in [0.5, 0.6) is 0 Å². The van der Waals surface area contributed by atoms with Crippen molar-refractivity contribution in [2.24, 2.45) is 11.0 Å². The number of hydrazine groups is 1. The van der Waals surface area contributed by atoms with E-state index in [1.54, 1.807) is 41.5 Å². The molecule has 0 unspecified atom stereocenters. The summed E-state index contributed by atoms with van der Waals surface area (Å²) < 4.78 is 14.6. The fourth-order valence-electron chi connectivity index (χ4n) is 4.55. The minimum atomic E-state index is -2.04. The Morgan fingerprint density at radius 1 is 1.00 bits per heavy atom. The number of nitrogens with one attached hydrogen (secondary N) is 2. The Morgan fingerprint density at radius 2 is 1.63 bits per heavy atom. The van der Waals surface area contributed by atoms with Crippen molar-refractivity contribution in [3.63, 3.8) is 0 Å². The van der Waals surface area contributed by atoms with E-state index in [1.807, 2.05) is 0 Å². The number of oxime groups is 1. The van der Waals surface area contributed by atoms with E-state index in [0.29, 0.717) is 28.3 Å². The van der Waals surface area contributed by atoms with Crippen LogP contribution in [0.15, 0.2) is 5.16 Å². The quantitative estimate of drug-likeness (QED) is 0.0473. The maximum absolute atomic E-state index is 13.7. The number of hydrogen-bond donors (Lipinski definition) is 4. The molecule has 20 nitrogen and oxygen atoms in total. The van der Waals surface area contributed by atoms with Gasteiger partial charge in [-0.05, 0) is 55.4 Å². The Morgan fingerprint density at radius 3 is 2.22 bits per heavy atom. The number of hydrogen-bond acceptors (Lipinski definition) is 16. The predicted octanol–water partition coefficient (Wildman–Crippen LogP) is -0.549. The largest absolute Gasteiger partial charge is 0.479 e. The molecule has 3 fully saturated rings. The molecule has 268 valence electrons. The second-order valence-electron chi connectivity index (χ2n) is 13.6. The number of carboxylic acids is 1. The number of aliphatic carboxylic acids is 1. The van der Waals surface area contributed by atoms with Gasteiger partial charge in [-0.15, -0.1) is 0 Å². The number of carbonyl (C=O) groups is 7. The molecule has 1 aromatic heterocycles. The molecule has 5 amide bonds. The van der Waals surface area contributed by atoms with Gasteiger partial charge in [0.2, 0.25) is 33.0 Å². The zero-order chi connectivity index (χ0) is 36.9. The Hall–Kier alpha value is -4.57. The van der Waals surface area contributed by atoms with Crippen LogP contribution in [-0.4, -0.2) is 129 Å². The molecule has 3 aliphatic heterocycles. The number of ether oxygens (including phenoxy) is 2. The van der Waals surface area contributed by atoms with Crippen LogP contribution in [0.25, 0.3) is 0 Å². The summed E-state index contributed by atoms with van der Waals surface area (Å²) >= 11 is 1.36. The van der Waals surface area contributed by atoms with Crippen LogP contribution in [0.4, 0.5) is 9.93 Å². The summed E-state index contributed by atoms with van der Waals surface area (Å²) in [6.45, 7) is 11.8. The second kappa shape index (κ2) is 13.0. The van der Waals surface area contributed by atoms with E-state index in [1.165, 1.54) is 13.8 Å². The van der Waals surface area contributed by atoms with Gasteiger partial charge in [0.1, 0.15) is 22.6 Å². The summed E-state index contributed by atoms with van der Waals surface area (Å²) in [6, 6.07) is -1.32. The molecule has 0 aliphatic carbocycles. The fraction of sp³-hybridized carbons (Fsp3) is 0.630. The van der Waals surface area contributed by atoms with Crippen LogP contribution in [0.1, 0.15) is 61.2 Å². The van der Waals surface area contributed by atoms with E-state index in [4.69, 9.17) is 20.2 Å².